The molecule has 10 nitrogen and oxygen atoms in total. The number of nitrogens with two attached hydrogens (primary N) is 1. The molecule has 10 heteroatoms. The molecule has 0 saturated heterocycles. The first-order valence-corrected chi connectivity index (χ1v) is 10.5. The number of carbonyl (C=O) groups is 4. The van der Waals surface area contributed by atoms with Crippen LogP contribution in [-0.4, -0.2) is 48.1 Å². The average molecular weight is 447 g/mol. The maximum Gasteiger partial charge on any atom is 0.321 e. The predicted octanol–water partition coefficient (Wildman–Crippen LogP) is 0.950. The molecule has 1 aromatic rings. The van der Waals surface area contributed by atoms with Crippen LogP contribution in [0.25, 0.3) is 0 Å². The first-order valence-electron chi connectivity index (χ1n) is 10.5. The Morgan fingerprint density at radius 2 is 1.91 bits per heavy atom. The van der Waals surface area contributed by atoms with Gasteiger partial charge in [-0.25, -0.2) is 4.79 Å². The molecular weight excluding hydrogens is 416 g/mol. The Labute approximate surface area is 186 Å². The summed E-state index contributed by atoms with van der Waals surface area (Å²) in [5, 5.41) is 17.0. The van der Waals surface area contributed by atoms with Gasteiger partial charge >= 0.3 is 12.0 Å². The van der Waals surface area contributed by atoms with Crippen LogP contribution in [0.5, 0.6) is 0 Å². The van der Waals surface area contributed by atoms with Gasteiger partial charge in [0, 0.05) is 12.2 Å². The average Bonchev–Trinajstić information content (AvgIpc) is 2.73. The number of nitrogens with one attached hydrogen (secondary N) is 3. The van der Waals surface area contributed by atoms with Crippen LogP contribution in [0.1, 0.15) is 37.7 Å². The van der Waals surface area contributed by atoms with Crippen molar-refractivity contribution in [2.24, 2.45) is 11.1 Å². The molecule has 174 valence electrons. The summed E-state index contributed by atoms with van der Waals surface area (Å²) >= 11 is 0. The van der Waals surface area contributed by atoms with Crippen molar-refractivity contribution in [3.63, 3.8) is 0 Å². The molecule has 0 radical (unpaired) electrons. The summed E-state index contributed by atoms with van der Waals surface area (Å²) < 4.78 is 5.10. The topological polar surface area (TPSA) is 160 Å². The molecule has 0 spiro atoms. The molecule has 1 aliphatic rings. The highest BCUT2D eigenvalue weighted by molar-refractivity contribution is 6.06. The minimum Gasteiger partial charge on any atom is -0.461 e. The van der Waals surface area contributed by atoms with Gasteiger partial charge in [-0.3, -0.25) is 14.4 Å². The maximum atomic E-state index is 13.0. The summed E-state index contributed by atoms with van der Waals surface area (Å²) in [7, 11) is 0. The third kappa shape index (κ3) is 6.55. The van der Waals surface area contributed by atoms with Crippen molar-refractivity contribution < 1.29 is 29.0 Å². The van der Waals surface area contributed by atoms with Gasteiger partial charge in [-0.05, 0) is 43.4 Å². The molecule has 1 fully saturated rings. The molecule has 6 N–H and O–H groups in total. The van der Waals surface area contributed by atoms with E-state index in [-0.39, 0.29) is 26.2 Å². The Morgan fingerprint density at radius 3 is 2.44 bits per heavy atom. The van der Waals surface area contributed by atoms with Gasteiger partial charge in [-0.1, -0.05) is 31.2 Å². The zero-order chi connectivity index (χ0) is 23.6. The van der Waals surface area contributed by atoms with Crippen molar-refractivity contribution in [2.75, 3.05) is 18.5 Å². The van der Waals surface area contributed by atoms with Crippen LogP contribution in [0.3, 0.4) is 0 Å². The van der Waals surface area contributed by atoms with Crippen molar-refractivity contribution in [1.29, 1.82) is 0 Å². The first kappa shape index (κ1) is 24.9. The van der Waals surface area contributed by atoms with Crippen molar-refractivity contribution >= 4 is 29.5 Å². The number of rotatable bonds is 12. The highest BCUT2D eigenvalue weighted by Crippen LogP contribution is 2.42. The minimum atomic E-state index is -1.31. The van der Waals surface area contributed by atoms with Crippen LogP contribution < -0.4 is 21.7 Å². The second-order valence-corrected chi connectivity index (χ2v) is 7.63. The number of amides is 4. The zero-order valence-corrected chi connectivity index (χ0v) is 17.9. The Hall–Kier alpha value is -3.40. The smallest absolute Gasteiger partial charge is 0.321 e. The van der Waals surface area contributed by atoms with E-state index < -0.39 is 35.3 Å². The van der Waals surface area contributed by atoms with E-state index >= 15 is 0 Å². The fourth-order valence-electron chi connectivity index (χ4n) is 3.33. The van der Waals surface area contributed by atoms with Crippen molar-refractivity contribution in [2.45, 2.75) is 44.8 Å². The van der Waals surface area contributed by atoms with Gasteiger partial charge in [0.1, 0.15) is 18.1 Å². The Bertz CT molecular complexity index is 835. The summed E-state index contributed by atoms with van der Waals surface area (Å²) in [4.78, 5) is 49.2. The van der Waals surface area contributed by atoms with Gasteiger partial charge < -0.3 is 31.5 Å². The number of primary amides is 1. The van der Waals surface area contributed by atoms with Crippen LogP contribution in [-0.2, 0) is 25.7 Å². The summed E-state index contributed by atoms with van der Waals surface area (Å²) in [5.74, 6) is -1.66. The van der Waals surface area contributed by atoms with E-state index in [4.69, 9.17) is 15.6 Å². The first-order chi connectivity index (χ1) is 15.3. The second kappa shape index (κ2) is 11.8. The lowest BCUT2D eigenvalue weighted by Crippen LogP contribution is -2.56. The molecule has 1 saturated carbocycles. The number of benzene rings is 1. The highest BCUT2D eigenvalue weighted by atomic mass is 16.5. The second-order valence-electron chi connectivity index (χ2n) is 7.63. The van der Waals surface area contributed by atoms with Gasteiger partial charge in [-0.15, -0.1) is 0 Å². The van der Waals surface area contributed by atoms with E-state index in [9.17, 15) is 19.2 Å². The predicted molar refractivity (Wildman–Crippen MR) is 117 cm³/mol. The van der Waals surface area contributed by atoms with E-state index in [0.29, 0.717) is 36.9 Å². The normalized spacial score (nSPS) is 14.9. The third-order valence-electron chi connectivity index (χ3n) is 5.36. The number of aliphatic hydroxyl groups excluding tert-OH is 1. The number of hydrogen-bond donors (Lipinski definition) is 5. The van der Waals surface area contributed by atoms with Gasteiger partial charge in [0.25, 0.3) is 0 Å². The van der Waals surface area contributed by atoms with Gasteiger partial charge in [-0.2, -0.15) is 0 Å². The SMILES string of the molecule is C=CCOC(=O)C1(C(=O)NC(CCCNC(N)=O)C(=O)Nc2ccc(CO)cc2)CCC1. The number of hydrogen-bond acceptors (Lipinski definition) is 6. The van der Waals surface area contributed by atoms with Gasteiger partial charge in [0.05, 0.1) is 6.61 Å². The van der Waals surface area contributed by atoms with E-state index in [0.717, 1.165) is 0 Å². The Balaban J connectivity index is 2.09. The molecule has 2 rings (SSSR count). The van der Waals surface area contributed by atoms with E-state index in [2.05, 4.69) is 22.5 Å². The van der Waals surface area contributed by atoms with Crippen LogP contribution >= 0.6 is 0 Å². The fraction of sp³-hybridized carbons (Fsp3) is 0.455. The molecule has 1 aromatic carbocycles. The Morgan fingerprint density at radius 1 is 1.22 bits per heavy atom. The lowest BCUT2D eigenvalue weighted by molar-refractivity contribution is -0.167. The molecule has 32 heavy (non-hydrogen) atoms. The highest BCUT2D eigenvalue weighted by Gasteiger charge is 2.52. The van der Waals surface area contributed by atoms with Gasteiger partial charge in [0.15, 0.2) is 0 Å². The lowest BCUT2D eigenvalue weighted by atomic mass is 9.68. The summed E-state index contributed by atoms with van der Waals surface area (Å²) in [5.41, 5.74) is 4.93. The van der Waals surface area contributed by atoms with Crippen LogP contribution in [0, 0.1) is 5.41 Å². The number of esters is 1. The summed E-state index contributed by atoms with van der Waals surface area (Å²) in [6.07, 6.45) is 3.40. The third-order valence-corrected chi connectivity index (χ3v) is 5.36. The number of ether oxygens (including phenoxy) is 1. The molecule has 4 amide bonds. The molecule has 1 unspecified atom stereocenters. The molecular formula is C22H30N4O6. The molecule has 1 atom stereocenters. The van der Waals surface area contributed by atoms with E-state index in [1.54, 1.807) is 24.3 Å². The quantitative estimate of drug-likeness (QED) is 0.139. The fourth-order valence-corrected chi connectivity index (χ4v) is 3.33. The lowest BCUT2D eigenvalue weighted by Gasteiger charge is -2.38. The van der Waals surface area contributed by atoms with Crippen LogP contribution in [0.15, 0.2) is 36.9 Å². The summed E-state index contributed by atoms with van der Waals surface area (Å²) in [6, 6.07) is 4.98. The number of anilines is 1. The number of aliphatic hydroxyl groups is 1. The zero-order valence-electron chi connectivity index (χ0n) is 17.9. The van der Waals surface area contributed by atoms with E-state index in [1.807, 2.05) is 0 Å². The van der Waals surface area contributed by atoms with Crippen molar-refractivity contribution in [3.8, 4) is 0 Å². The standard InChI is InChI=1S/C22H30N4O6/c1-2-13-32-20(30)22(10-4-11-22)19(29)26-17(5-3-12-24-21(23)31)18(28)25-16-8-6-15(14-27)7-9-16/h2,6-9,17,27H,1,3-5,10-14H2,(H,25,28)(H,26,29)(H3,23,24,31). The van der Waals surface area contributed by atoms with Crippen LogP contribution in [0.4, 0.5) is 10.5 Å². The number of urea groups is 1. The van der Waals surface area contributed by atoms with Gasteiger partial charge in [0.2, 0.25) is 11.8 Å². The molecule has 1 aliphatic carbocycles. The molecule has 0 aliphatic heterocycles. The molecule has 0 heterocycles. The van der Waals surface area contributed by atoms with Crippen molar-refractivity contribution in [1.82, 2.24) is 10.6 Å². The minimum absolute atomic E-state index is 0.000397. The summed E-state index contributed by atoms with van der Waals surface area (Å²) in [6.45, 7) is 3.60. The van der Waals surface area contributed by atoms with E-state index in [1.165, 1.54) is 6.08 Å². The molecule has 0 aromatic heterocycles. The number of carbonyl (C=O) groups excluding carboxylic acids is 4. The molecule has 0 bridgehead atoms. The van der Waals surface area contributed by atoms with Crippen LogP contribution in [0.2, 0.25) is 0 Å². The maximum absolute atomic E-state index is 13.0. The monoisotopic (exact) mass is 446 g/mol. The largest absolute Gasteiger partial charge is 0.461 e. The van der Waals surface area contributed by atoms with Crippen molar-refractivity contribution in [3.05, 3.63) is 42.5 Å². The Kier molecular flexibility index (Phi) is 9.21.